The molecule has 2 nitrogen and oxygen atoms in total. The Bertz CT molecular complexity index is 522. The lowest BCUT2D eigenvalue weighted by atomic mass is 9.74. The maximum atomic E-state index is 13.3. The van der Waals surface area contributed by atoms with Crippen molar-refractivity contribution in [2.45, 2.75) is 35.7 Å². The Morgan fingerprint density at radius 2 is 1.17 bits per heavy atom. The highest BCUT2D eigenvalue weighted by atomic mass is 19.4. The molecule has 0 atom stereocenters. The molecule has 24 heavy (non-hydrogen) atoms. The number of alkyl halides is 12. The van der Waals surface area contributed by atoms with Crippen molar-refractivity contribution in [3.8, 4) is 0 Å². The molecule has 0 unspecified atom stereocenters. The zero-order valence-electron chi connectivity index (χ0n) is 10.7. The lowest BCUT2D eigenvalue weighted by Crippen LogP contribution is -2.80. The van der Waals surface area contributed by atoms with Gasteiger partial charge in [-0.3, -0.25) is 0 Å². The van der Waals surface area contributed by atoms with E-state index in [0.29, 0.717) is 0 Å². The van der Waals surface area contributed by atoms with E-state index >= 15 is 0 Å². The molecule has 0 radical (unpaired) electrons. The summed E-state index contributed by atoms with van der Waals surface area (Å²) < 4.78 is 160. The van der Waals surface area contributed by atoms with Crippen molar-refractivity contribution in [1.29, 1.82) is 0 Å². The number of halogens is 12. The summed E-state index contributed by atoms with van der Waals surface area (Å²) in [4.78, 5) is 10.5. The maximum absolute atomic E-state index is 13.3. The lowest BCUT2D eigenvalue weighted by Gasteiger charge is -2.50. The van der Waals surface area contributed by atoms with Gasteiger partial charge in [0.1, 0.15) is 0 Å². The summed E-state index contributed by atoms with van der Waals surface area (Å²) in [5.74, 6) is -44.4. The molecule has 0 aromatic heterocycles. The Morgan fingerprint density at radius 1 is 0.833 bits per heavy atom. The van der Waals surface area contributed by atoms with Crippen molar-refractivity contribution >= 4 is 5.97 Å². The van der Waals surface area contributed by atoms with E-state index in [2.05, 4.69) is 11.3 Å². The zero-order valence-corrected chi connectivity index (χ0v) is 10.7. The van der Waals surface area contributed by atoms with Gasteiger partial charge in [-0.15, -0.1) is 0 Å². The molecule has 1 aliphatic rings. The van der Waals surface area contributed by atoms with Crippen molar-refractivity contribution in [3.63, 3.8) is 0 Å². The fourth-order valence-corrected chi connectivity index (χ4v) is 1.86. The topological polar surface area (TPSA) is 26.3 Å². The van der Waals surface area contributed by atoms with Gasteiger partial charge in [-0.1, -0.05) is 6.58 Å². The minimum absolute atomic E-state index is 0.224. The molecule has 1 fully saturated rings. The van der Waals surface area contributed by atoms with Crippen LogP contribution < -0.4 is 0 Å². The molecule has 140 valence electrons. The molecular weight excluding hydrogens is 380 g/mol. The molecule has 1 rings (SSSR count). The second-order valence-electron chi connectivity index (χ2n) is 4.59. The first-order valence-corrected chi connectivity index (χ1v) is 5.44. The fourth-order valence-electron chi connectivity index (χ4n) is 1.86. The minimum Gasteiger partial charge on any atom is -0.397 e. The highest BCUT2D eigenvalue weighted by molar-refractivity contribution is 5.81. The van der Waals surface area contributed by atoms with Crippen LogP contribution in [0, 0.1) is 5.92 Å². The van der Waals surface area contributed by atoms with E-state index in [0.717, 1.165) is 0 Å². The molecular formula is C10H4F12O2. The predicted octanol–water partition coefficient (Wildman–Crippen LogP) is 4.11. The molecule has 0 spiro atoms. The summed E-state index contributed by atoms with van der Waals surface area (Å²) >= 11 is 0. The molecule has 0 N–H and O–H groups in total. The van der Waals surface area contributed by atoms with Crippen LogP contribution in [-0.2, 0) is 9.53 Å². The number of hydrogen-bond acceptors (Lipinski definition) is 2. The molecule has 0 amide bonds. The fraction of sp³-hybridized carbons (Fsp3) is 0.700. The largest absolute Gasteiger partial charge is 0.415 e. The van der Waals surface area contributed by atoms with Crippen molar-refractivity contribution in [1.82, 2.24) is 0 Å². The molecule has 0 aliphatic heterocycles. The van der Waals surface area contributed by atoms with E-state index < -0.39 is 47.6 Å². The number of carbonyl (C=O) groups is 1. The standard InChI is InChI=1S/C10H4F12O2/c1-2-3(23)24-7(15,16)4-5(11,12)8(17,18)10(21,22)9(19,20)6(4,13)14/h2,4H,1H2. The van der Waals surface area contributed by atoms with E-state index in [1.165, 1.54) is 0 Å². The molecule has 0 bridgehead atoms. The Morgan fingerprint density at radius 3 is 1.46 bits per heavy atom. The number of ether oxygens (including phenoxy) is 1. The monoisotopic (exact) mass is 384 g/mol. The summed E-state index contributed by atoms with van der Waals surface area (Å²) in [6, 6.07) is 0. The predicted molar refractivity (Wildman–Crippen MR) is 49.5 cm³/mol. The van der Waals surface area contributed by atoms with Crippen molar-refractivity contribution in [2.24, 2.45) is 5.92 Å². The van der Waals surface area contributed by atoms with Gasteiger partial charge in [-0.25, -0.2) is 4.79 Å². The van der Waals surface area contributed by atoms with E-state index in [-0.39, 0.29) is 6.08 Å². The summed E-state index contributed by atoms with van der Waals surface area (Å²) in [5, 5.41) is 0. The van der Waals surface area contributed by atoms with Crippen molar-refractivity contribution in [2.75, 3.05) is 0 Å². The molecule has 1 aliphatic carbocycles. The second-order valence-corrected chi connectivity index (χ2v) is 4.59. The maximum Gasteiger partial charge on any atom is 0.415 e. The first-order chi connectivity index (χ1) is 10.3. The smallest absolute Gasteiger partial charge is 0.397 e. The van der Waals surface area contributed by atoms with E-state index in [9.17, 15) is 57.5 Å². The van der Waals surface area contributed by atoms with Gasteiger partial charge in [0.15, 0.2) is 0 Å². The molecule has 14 heteroatoms. The first-order valence-electron chi connectivity index (χ1n) is 5.44. The van der Waals surface area contributed by atoms with Gasteiger partial charge in [0.05, 0.1) is 0 Å². The highest BCUT2D eigenvalue weighted by Crippen LogP contribution is 2.69. The van der Waals surface area contributed by atoms with Gasteiger partial charge in [-0.2, -0.15) is 52.7 Å². The van der Waals surface area contributed by atoms with E-state index in [4.69, 9.17) is 0 Å². The quantitative estimate of drug-likeness (QED) is 0.416. The molecule has 0 aromatic rings. The summed E-state index contributed by atoms with van der Waals surface area (Å²) in [5.41, 5.74) is 0. The number of hydrogen-bond donors (Lipinski definition) is 0. The summed E-state index contributed by atoms with van der Waals surface area (Å²) in [6.07, 6.45) is -6.60. The second kappa shape index (κ2) is 4.94. The van der Waals surface area contributed by atoms with E-state index in [1.54, 1.807) is 0 Å². The van der Waals surface area contributed by atoms with Gasteiger partial charge in [0, 0.05) is 6.08 Å². The average Bonchev–Trinajstić information content (AvgIpc) is 2.34. The number of rotatable bonds is 3. The van der Waals surface area contributed by atoms with Crippen LogP contribution in [0.2, 0.25) is 0 Å². The average molecular weight is 384 g/mol. The van der Waals surface area contributed by atoms with Crippen molar-refractivity contribution < 1.29 is 62.2 Å². The van der Waals surface area contributed by atoms with Crippen LogP contribution in [0.15, 0.2) is 12.7 Å². The summed E-state index contributed by atoms with van der Waals surface area (Å²) in [6.45, 7) is 2.44. The zero-order chi connectivity index (χ0) is 19.6. The van der Waals surface area contributed by atoms with Gasteiger partial charge in [0.25, 0.3) is 0 Å². The van der Waals surface area contributed by atoms with Gasteiger partial charge in [-0.05, 0) is 0 Å². The Kier molecular flexibility index (Phi) is 4.20. The Labute approximate surface area is 124 Å². The van der Waals surface area contributed by atoms with Crippen LogP contribution in [-0.4, -0.2) is 41.7 Å². The van der Waals surface area contributed by atoms with Gasteiger partial charge >= 0.3 is 41.7 Å². The molecule has 0 aromatic carbocycles. The lowest BCUT2D eigenvalue weighted by molar-refractivity contribution is -0.493. The molecule has 0 heterocycles. The molecule has 0 saturated heterocycles. The Balaban J connectivity index is 3.70. The van der Waals surface area contributed by atoms with Gasteiger partial charge in [0.2, 0.25) is 5.92 Å². The minimum atomic E-state index is -7.39. The summed E-state index contributed by atoms with van der Waals surface area (Å²) in [7, 11) is 0. The normalized spacial score (nSPS) is 27.3. The van der Waals surface area contributed by atoms with Crippen molar-refractivity contribution in [3.05, 3.63) is 12.7 Å². The third kappa shape index (κ3) is 2.17. The number of carbonyl (C=O) groups excluding carboxylic acids is 1. The first kappa shape index (κ1) is 20.4. The van der Waals surface area contributed by atoms with Crippen LogP contribution >= 0.6 is 0 Å². The van der Waals surface area contributed by atoms with Crippen LogP contribution in [0.4, 0.5) is 52.7 Å². The van der Waals surface area contributed by atoms with Gasteiger partial charge < -0.3 is 4.74 Å². The van der Waals surface area contributed by atoms with Crippen LogP contribution in [0.25, 0.3) is 0 Å². The van der Waals surface area contributed by atoms with E-state index in [1.807, 2.05) is 0 Å². The third-order valence-electron chi connectivity index (χ3n) is 3.09. The van der Waals surface area contributed by atoms with Crippen LogP contribution in [0.1, 0.15) is 0 Å². The van der Waals surface area contributed by atoms with Crippen LogP contribution in [0.5, 0.6) is 0 Å². The Hall–Kier alpha value is -1.63. The molecule has 1 saturated carbocycles. The number of esters is 1. The highest BCUT2D eigenvalue weighted by Gasteiger charge is 2.98. The van der Waals surface area contributed by atoms with Crippen LogP contribution in [0.3, 0.4) is 0 Å². The third-order valence-corrected chi connectivity index (χ3v) is 3.09. The SMILES string of the molecule is C=CC(=O)OC(F)(F)C1C(F)(F)C(F)(F)C(F)(F)C(F)(F)C1(F)F.